The van der Waals surface area contributed by atoms with Crippen LogP contribution in [0.5, 0.6) is 5.75 Å². The summed E-state index contributed by atoms with van der Waals surface area (Å²) in [5.41, 5.74) is 9.55. The quantitative estimate of drug-likeness (QED) is 0.203. The molecule has 224 valence electrons. The maximum absolute atomic E-state index is 13.5. The van der Waals surface area contributed by atoms with Crippen LogP contribution < -0.4 is 10.5 Å². The van der Waals surface area contributed by atoms with Crippen molar-refractivity contribution in [3.8, 4) is 5.75 Å². The molecule has 4 rings (SSSR count). The average Bonchev–Trinajstić information content (AvgIpc) is 3.36. The number of anilines is 1. The van der Waals surface area contributed by atoms with Crippen molar-refractivity contribution in [3.63, 3.8) is 0 Å². The van der Waals surface area contributed by atoms with Crippen LogP contribution in [0, 0.1) is 0 Å². The minimum absolute atomic E-state index is 0.0273. The van der Waals surface area contributed by atoms with Gasteiger partial charge in [-0.25, -0.2) is 14.8 Å². The van der Waals surface area contributed by atoms with Gasteiger partial charge in [-0.3, -0.25) is 9.69 Å². The van der Waals surface area contributed by atoms with E-state index in [4.69, 9.17) is 25.3 Å². The predicted molar refractivity (Wildman–Crippen MR) is 162 cm³/mol. The van der Waals surface area contributed by atoms with Gasteiger partial charge in [-0.1, -0.05) is 44.2 Å². The fourth-order valence-corrected chi connectivity index (χ4v) is 5.00. The fraction of sp³-hybridized carbons (Fsp3) is 0.419. The second-order valence-corrected chi connectivity index (χ2v) is 9.99. The van der Waals surface area contributed by atoms with Crippen LogP contribution in [0.3, 0.4) is 0 Å². The molecule has 11 nitrogen and oxygen atoms in total. The van der Waals surface area contributed by atoms with Gasteiger partial charge < -0.3 is 29.8 Å². The lowest BCUT2D eigenvalue weighted by molar-refractivity contribution is -0.139. The van der Waals surface area contributed by atoms with E-state index in [2.05, 4.69) is 14.5 Å². The number of aliphatic carboxylic acids is 1. The average molecular weight is 577 g/mol. The second kappa shape index (κ2) is 14.6. The predicted octanol–water partition coefficient (Wildman–Crippen LogP) is 3.93. The number of nitrogen functional groups attached to an aromatic ring is 1. The third kappa shape index (κ3) is 7.54. The molecule has 1 amide bonds. The van der Waals surface area contributed by atoms with Crippen LogP contribution >= 0.6 is 0 Å². The van der Waals surface area contributed by atoms with E-state index in [1.165, 1.54) is 0 Å². The van der Waals surface area contributed by atoms with Crippen molar-refractivity contribution >= 4 is 39.6 Å². The molecule has 2 aromatic carbocycles. The highest BCUT2D eigenvalue weighted by atomic mass is 16.5. The molecule has 42 heavy (non-hydrogen) atoms. The van der Waals surface area contributed by atoms with Crippen LogP contribution in [-0.2, 0) is 34.0 Å². The third-order valence-electron chi connectivity index (χ3n) is 7.17. The number of pyridine rings is 1. The van der Waals surface area contributed by atoms with Crippen LogP contribution in [0.2, 0.25) is 0 Å². The van der Waals surface area contributed by atoms with Gasteiger partial charge in [0.15, 0.2) is 12.4 Å². The molecule has 0 fully saturated rings. The number of ether oxygens (including phenoxy) is 2. The number of amides is 1. The van der Waals surface area contributed by atoms with Crippen LogP contribution in [0.15, 0.2) is 48.5 Å². The molecule has 0 radical (unpaired) electrons. The van der Waals surface area contributed by atoms with Crippen LogP contribution in [0.1, 0.15) is 38.6 Å². The lowest BCUT2D eigenvalue weighted by atomic mass is 10.1. The normalized spacial score (nSPS) is 11.4. The number of para-hydroxylation sites is 1. The smallest absolute Gasteiger partial charge is 0.341 e. The van der Waals surface area contributed by atoms with E-state index in [1.807, 2.05) is 56.0 Å². The summed E-state index contributed by atoms with van der Waals surface area (Å²) < 4.78 is 13.2. The Hall–Kier alpha value is -4.22. The van der Waals surface area contributed by atoms with Gasteiger partial charge in [-0.2, -0.15) is 0 Å². The first-order valence-electron chi connectivity index (χ1n) is 14.4. The Labute approximate surface area is 245 Å². The molecule has 2 aromatic heterocycles. The van der Waals surface area contributed by atoms with Crippen molar-refractivity contribution in [1.29, 1.82) is 0 Å². The SMILES string of the molecule is CCOCc1nc2c(N)nc3ccccc3c2n1CCCN(Cc1cccc(OCC(=O)O)c1)C(=O)CN(CC)CC. The zero-order valence-electron chi connectivity index (χ0n) is 24.6. The van der Waals surface area contributed by atoms with Gasteiger partial charge in [0.2, 0.25) is 5.91 Å². The topological polar surface area (TPSA) is 136 Å². The number of aromatic nitrogens is 3. The Bertz CT molecular complexity index is 1520. The number of imidazole rings is 1. The third-order valence-corrected chi connectivity index (χ3v) is 7.17. The highest BCUT2D eigenvalue weighted by Crippen LogP contribution is 2.29. The summed E-state index contributed by atoms with van der Waals surface area (Å²) in [5, 5.41) is 9.93. The van der Waals surface area contributed by atoms with Gasteiger partial charge in [-0.15, -0.1) is 0 Å². The Morgan fingerprint density at radius 2 is 1.83 bits per heavy atom. The van der Waals surface area contributed by atoms with E-state index >= 15 is 0 Å². The zero-order valence-corrected chi connectivity index (χ0v) is 24.6. The summed E-state index contributed by atoms with van der Waals surface area (Å²) >= 11 is 0. The number of hydrogen-bond acceptors (Lipinski definition) is 8. The molecule has 0 aliphatic carbocycles. The van der Waals surface area contributed by atoms with Crippen molar-refractivity contribution < 1.29 is 24.2 Å². The Balaban J connectivity index is 1.60. The van der Waals surface area contributed by atoms with E-state index in [0.717, 1.165) is 40.9 Å². The molecule has 0 aliphatic heterocycles. The van der Waals surface area contributed by atoms with E-state index in [-0.39, 0.29) is 5.91 Å². The molecular weight excluding hydrogens is 536 g/mol. The number of nitrogens with zero attached hydrogens (tertiary/aromatic N) is 5. The van der Waals surface area contributed by atoms with Crippen molar-refractivity contribution in [2.45, 2.75) is 46.9 Å². The van der Waals surface area contributed by atoms with Crippen LogP contribution in [-0.4, -0.2) is 80.7 Å². The molecule has 4 aromatic rings. The zero-order chi connectivity index (χ0) is 30.1. The highest BCUT2D eigenvalue weighted by molar-refractivity contribution is 6.06. The van der Waals surface area contributed by atoms with Gasteiger partial charge in [0.1, 0.15) is 23.7 Å². The number of nitrogens with two attached hydrogens (primary N) is 1. The lowest BCUT2D eigenvalue weighted by Crippen LogP contribution is -2.40. The summed E-state index contributed by atoms with van der Waals surface area (Å²) in [7, 11) is 0. The maximum Gasteiger partial charge on any atom is 0.341 e. The summed E-state index contributed by atoms with van der Waals surface area (Å²) in [5.74, 6) is 0.578. The molecular formula is C31H40N6O5. The minimum Gasteiger partial charge on any atom is -0.482 e. The monoisotopic (exact) mass is 576 g/mol. The number of benzene rings is 2. The van der Waals surface area contributed by atoms with Crippen molar-refractivity contribution in [2.24, 2.45) is 0 Å². The summed E-state index contributed by atoms with van der Waals surface area (Å²) in [6, 6.07) is 15.1. The Morgan fingerprint density at radius 1 is 1.05 bits per heavy atom. The van der Waals surface area contributed by atoms with E-state index in [0.29, 0.717) is 62.9 Å². The number of carboxylic acid groups (broad SMARTS) is 1. The summed E-state index contributed by atoms with van der Waals surface area (Å²) in [6.45, 7) is 9.85. The lowest BCUT2D eigenvalue weighted by Gasteiger charge is -2.27. The van der Waals surface area contributed by atoms with E-state index in [9.17, 15) is 9.59 Å². The Morgan fingerprint density at radius 3 is 2.57 bits per heavy atom. The standard InChI is InChI=1S/C31H40N6O5/c1-4-35(5-2)19-27(38)36(18-22-11-9-12-23(17-22)42-21-28(39)40)15-10-16-37-26(20-41-6-3)34-29-30(37)24-13-7-8-14-25(24)33-31(29)32/h7-9,11-14,17H,4-6,10,15-16,18-21H2,1-3H3,(H2,32,33)(H,39,40). The Kier molecular flexibility index (Phi) is 10.7. The molecule has 0 spiro atoms. The van der Waals surface area contributed by atoms with Gasteiger partial charge in [0.05, 0.1) is 17.6 Å². The van der Waals surface area contributed by atoms with Gasteiger partial charge >= 0.3 is 5.97 Å². The number of carboxylic acids is 1. The van der Waals surface area contributed by atoms with Gasteiger partial charge in [0, 0.05) is 31.6 Å². The highest BCUT2D eigenvalue weighted by Gasteiger charge is 2.20. The van der Waals surface area contributed by atoms with Gasteiger partial charge in [-0.05, 0) is 50.2 Å². The van der Waals surface area contributed by atoms with Crippen LogP contribution in [0.25, 0.3) is 21.9 Å². The first kappa shape index (κ1) is 30.7. The van der Waals surface area contributed by atoms with Gasteiger partial charge in [0.25, 0.3) is 0 Å². The van der Waals surface area contributed by atoms with Crippen molar-refractivity contribution in [3.05, 3.63) is 59.9 Å². The number of hydrogen-bond donors (Lipinski definition) is 2. The first-order chi connectivity index (χ1) is 20.3. The number of carbonyl (C=O) groups is 2. The molecule has 0 saturated heterocycles. The minimum atomic E-state index is -1.04. The number of aryl methyl sites for hydroxylation is 1. The number of carbonyl (C=O) groups excluding carboxylic acids is 1. The molecule has 3 N–H and O–H groups in total. The van der Waals surface area contributed by atoms with Crippen molar-refractivity contribution in [2.75, 3.05) is 45.1 Å². The van der Waals surface area contributed by atoms with Crippen molar-refractivity contribution in [1.82, 2.24) is 24.3 Å². The van der Waals surface area contributed by atoms with E-state index in [1.54, 1.807) is 18.2 Å². The number of fused-ring (bicyclic) bond motifs is 3. The fourth-order valence-electron chi connectivity index (χ4n) is 5.00. The largest absolute Gasteiger partial charge is 0.482 e. The molecule has 0 bridgehead atoms. The molecule has 11 heteroatoms. The first-order valence-corrected chi connectivity index (χ1v) is 14.4. The number of rotatable bonds is 16. The molecule has 2 heterocycles. The summed E-state index contributed by atoms with van der Waals surface area (Å²) in [4.78, 5) is 37.8. The summed E-state index contributed by atoms with van der Waals surface area (Å²) in [6.07, 6.45) is 0.667. The molecule has 0 saturated carbocycles. The van der Waals surface area contributed by atoms with Crippen LogP contribution in [0.4, 0.5) is 5.82 Å². The van der Waals surface area contributed by atoms with E-state index < -0.39 is 12.6 Å². The number of likely N-dealkylation sites (N-methyl/N-ethyl adjacent to an activating group) is 1. The molecule has 0 unspecified atom stereocenters. The molecule has 0 atom stereocenters. The molecule has 0 aliphatic rings. The maximum atomic E-state index is 13.5. The second-order valence-electron chi connectivity index (χ2n) is 9.99.